The fraction of sp³-hybridized carbons (Fsp3) is 0.385. The first-order valence-electron chi connectivity index (χ1n) is 5.55. The summed E-state index contributed by atoms with van der Waals surface area (Å²) in [6.07, 6.45) is 0. The van der Waals surface area contributed by atoms with Gasteiger partial charge in [0.05, 0.1) is 16.9 Å². The molecule has 98 valence electrons. The van der Waals surface area contributed by atoms with E-state index in [1.807, 2.05) is 20.8 Å². The molecule has 0 fully saturated rings. The molecule has 0 radical (unpaired) electrons. The Labute approximate surface area is 106 Å². The topological polar surface area (TPSA) is 83.6 Å². The van der Waals surface area contributed by atoms with E-state index in [9.17, 15) is 9.59 Å². The van der Waals surface area contributed by atoms with E-state index >= 15 is 0 Å². The van der Waals surface area contributed by atoms with E-state index in [4.69, 9.17) is 10.8 Å². The second-order valence-corrected chi connectivity index (χ2v) is 5.19. The standard InChI is InChI=1S/C13H18N2O3/c1-13(2,3)12(18)15(4)10-6-5-8(11(16)17)7-9(10)14/h5-7H,14H2,1-4H3,(H,16,17). The van der Waals surface area contributed by atoms with E-state index in [-0.39, 0.29) is 17.2 Å². The number of carboxylic acid groups (broad SMARTS) is 1. The maximum absolute atomic E-state index is 12.1. The Morgan fingerprint density at radius 1 is 1.28 bits per heavy atom. The summed E-state index contributed by atoms with van der Waals surface area (Å²) in [7, 11) is 1.62. The molecule has 0 saturated heterocycles. The third kappa shape index (κ3) is 2.80. The molecule has 1 amide bonds. The van der Waals surface area contributed by atoms with Gasteiger partial charge in [-0.1, -0.05) is 20.8 Å². The zero-order valence-corrected chi connectivity index (χ0v) is 11.0. The largest absolute Gasteiger partial charge is 0.478 e. The van der Waals surface area contributed by atoms with Crippen LogP contribution in [0.15, 0.2) is 18.2 Å². The van der Waals surface area contributed by atoms with Crippen molar-refractivity contribution in [3.05, 3.63) is 23.8 Å². The Kier molecular flexibility index (Phi) is 3.65. The first-order valence-corrected chi connectivity index (χ1v) is 5.55. The number of carbonyl (C=O) groups is 2. The van der Waals surface area contributed by atoms with Crippen LogP contribution in [-0.2, 0) is 4.79 Å². The quantitative estimate of drug-likeness (QED) is 0.786. The number of carbonyl (C=O) groups excluding carboxylic acids is 1. The summed E-state index contributed by atoms with van der Waals surface area (Å²) in [5, 5.41) is 8.84. The lowest BCUT2D eigenvalue weighted by Crippen LogP contribution is -2.37. The van der Waals surface area contributed by atoms with Crippen molar-refractivity contribution in [3.8, 4) is 0 Å². The summed E-state index contributed by atoms with van der Waals surface area (Å²) in [4.78, 5) is 24.3. The Morgan fingerprint density at radius 2 is 1.83 bits per heavy atom. The number of benzene rings is 1. The number of rotatable bonds is 2. The second-order valence-electron chi connectivity index (χ2n) is 5.19. The van der Waals surface area contributed by atoms with Crippen LogP contribution in [0.1, 0.15) is 31.1 Å². The molecule has 0 spiro atoms. The van der Waals surface area contributed by atoms with E-state index in [0.29, 0.717) is 5.69 Å². The minimum absolute atomic E-state index is 0.0859. The zero-order chi connectivity index (χ0) is 14.1. The highest BCUT2D eigenvalue weighted by Gasteiger charge is 2.26. The lowest BCUT2D eigenvalue weighted by Gasteiger charge is -2.27. The molecule has 0 atom stereocenters. The fourth-order valence-corrected chi connectivity index (χ4v) is 1.61. The third-order valence-electron chi connectivity index (χ3n) is 2.58. The maximum Gasteiger partial charge on any atom is 0.335 e. The molecule has 0 heterocycles. The first-order chi connectivity index (χ1) is 8.14. The highest BCUT2D eigenvalue weighted by Crippen LogP contribution is 2.27. The number of amides is 1. The van der Waals surface area contributed by atoms with Crippen molar-refractivity contribution < 1.29 is 14.7 Å². The number of carboxylic acids is 1. The van der Waals surface area contributed by atoms with Crippen molar-refractivity contribution in [1.82, 2.24) is 0 Å². The molecule has 5 heteroatoms. The van der Waals surface area contributed by atoms with E-state index in [1.54, 1.807) is 13.1 Å². The van der Waals surface area contributed by atoms with Gasteiger partial charge < -0.3 is 15.7 Å². The van der Waals surface area contributed by atoms with Crippen LogP contribution < -0.4 is 10.6 Å². The molecule has 0 aliphatic heterocycles. The van der Waals surface area contributed by atoms with Gasteiger partial charge in [0.1, 0.15) is 0 Å². The number of hydrogen-bond acceptors (Lipinski definition) is 3. The lowest BCUT2D eigenvalue weighted by molar-refractivity contribution is -0.125. The Balaban J connectivity index is 3.12. The molecule has 1 aromatic carbocycles. The average molecular weight is 250 g/mol. The van der Waals surface area contributed by atoms with Gasteiger partial charge in [0.25, 0.3) is 0 Å². The van der Waals surface area contributed by atoms with Crippen LogP contribution in [0, 0.1) is 5.41 Å². The summed E-state index contributed by atoms with van der Waals surface area (Å²) in [6, 6.07) is 4.33. The summed E-state index contributed by atoms with van der Waals surface area (Å²) >= 11 is 0. The molecule has 1 rings (SSSR count). The van der Waals surface area contributed by atoms with Crippen LogP contribution in [0.25, 0.3) is 0 Å². The van der Waals surface area contributed by atoms with Gasteiger partial charge in [0, 0.05) is 12.5 Å². The molecule has 5 nitrogen and oxygen atoms in total. The van der Waals surface area contributed by atoms with Gasteiger partial charge in [0.15, 0.2) is 0 Å². The van der Waals surface area contributed by atoms with Crippen LogP contribution in [0.4, 0.5) is 11.4 Å². The SMILES string of the molecule is CN(C(=O)C(C)(C)C)c1ccc(C(=O)O)cc1N. The number of aromatic carboxylic acids is 1. The van der Waals surface area contributed by atoms with E-state index in [1.165, 1.54) is 17.0 Å². The molecule has 0 bridgehead atoms. The summed E-state index contributed by atoms with van der Waals surface area (Å²) in [5.41, 5.74) is 6.15. The predicted molar refractivity (Wildman–Crippen MR) is 70.7 cm³/mol. The predicted octanol–water partition coefficient (Wildman–Crippen LogP) is 1.98. The Morgan fingerprint density at radius 3 is 2.22 bits per heavy atom. The zero-order valence-electron chi connectivity index (χ0n) is 11.0. The van der Waals surface area contributed by atoms with Crippen molar-refractivity contribution in [2.75, 3.05) is 17.7 Å². The molecule has 0 aliphatic carbocycles. The number of nitrogen functional groups attached to an aromatic ring is 1. The normalized spacial score (nSPS) is 11.1. The monoisotopic (exact) mass is 250 g/mol. The highest BCUT2D eigenvalue weighted by molar-refractivity contribution is 6.00. The molecular weight excluding hydrogens is 232 g/mol. The van der Waals surface area contributed by atoms with Gasteiger partial charge in [-0.15, -0.1) is 0 Å². The molecule has 0 aromatic heterocycles. The van der Waals surface area contributed by atoms with E-state index < -0.39 is 11.4 Å². The van der Waals surface area contributed by atoms with Crippen LogP contribution in [0.3, 0.4) is 0 Å². The Hall–Kier alpha value is -2.04. The smallest absolute Gasteiger partial charge is 0.335 e. The molecule has 3 N–H and O–H groups in total. The Bertz CT molecular complexity index is 489. The van der Waals surface area contributed by atoms with Crippen molar-refractivity contribution in [1.29, 1.82) is 0 Å². The van der Waals surface area contributed by atoms with Gasteiger partial charge in [-0.3, -0.25) is 4.79 Å². The summed E-state index contributed by atoms with van der Waals surface area (Å²) in [5.74, 6) is -1.13. The lowest BCUT2D eigenvalue weighted by atomic mass is 9.94. The number of anilines is 2. The molecule has 0 aliphatic rings. The maximum atomic E-state index is 12.1. The molecule has 18 heavy (non-hydrogen) atoms. The number of nitrogens with two attached hydrogens (primary N) is 1. The second kappa shape index (κ2) is 4.68. The van der Waals surface area contributed by atoms with Gasteiger partial charge in [-0.25, -0.2) is 4.79 Å². The van der Waals surface area contributed by atoms with Gasteiger partial charge in [-0.2, -0.15) is 0 Å². The van der Waals surface area contributed by atoms with E-state index in [2.05, 4.69) is 0 Å². The highest BCUT2D eigenvalue weighted by atomic mass is 16.4. The van der Waals surface area contributed by atoms with Crippen molar-refractivity contribution in [3.63, 3.8) is 0 Å². The van der Waals surface area contributed by atoms with Gasteiger partial charge in [-0.05, 0) is 18.2 Å². The fourth-order valence-electron chi connectivity index (χ4n) is 1.61. The molecule has 0 unspecified atom stereocenters. The van der Waals surface area contributed by atoms with Crippen LogP contribution >= 0.6 is 0 Å². The van der Waals surface area contributed by atoms with Crippen LogP contribution in [-0.4, -0.2) is 24.0 Å². The summed E-state index contributed by atoms with van der Waals surface area (Å²) < 4.78 is 0. The third-order valence-corrected chi connectivity index (χ3v) is 2.58. The summed E-state index contributed by atoms with van der Waals surface area (Å²) in [6.45, 7) is 5.44. The number of nitrogens with zero attached hydrogens (tertiary/aromatic N) is 1. The van der Waals surface area contributed by atoms with Crippen molar-refractivity contribution in [2.45, 2.75) is 20.8 Å². The first kappa shape index (κ1) is 14.0. The number of hydrogen-bond donors (Lipinski definition) is 2. The van der Waals surface area contributed by atoms with Crippen molar-refractivity contribution in [2.24, 2.45) is 5.41 Å². The average Bonchev–Trinajstić information content (AvgIpc) is 2.25. The molecule has 1 aromatic rings. The van der Waals surface area contributed by atoms with E-state index in [0.717, 1.165) is 0 Å². The van der Waals surface area contributed by atoms with Gasteiger partial charge in [0.2, 0.25) is 5.91 Å². The minimum atomic E-state index is -1.04. The molecular formula is C13H18N2O3. The molecule has 0 saturated carbocycles. The van der Waals surface area contributed by atoms with Crippen LogP contribution in [0.5, 0.6) is 0 Å². The van der Waals surface area contributed by atoms with Crippen LogP contribution in [0.2, 0.25) is 0 Å². The minimum Gasteiger partial charge on any atom is -0.478 e. The van der Waals surface area contributed by atoms with Crippen molar-refractivity contribution >= 4 is 23.3 Å². The van der Waals surface area contributed by atoms with Gasteiger partial charge >= 0.3 is 5.97 Å².